The van der Waals surface area contributed by atoms with Gasteiger partial charge in [0.05, 0.1) is 18.8 Å². The Bertz CT molecular complexity index is 420. The molecule has 0 aliphatic carbocycles. The second-order valence-electron chi connectivity index (χ2n) is 2.89. The number of rotatable bonds is 2. The molecule has 0 saturated carbocycles. The van der Waals surface area contributed by atoms with Gasteiger partial charge in [-0.05, 0) is 13.0 Å². The second kappa shape index (κ2) is 3.09. The molecule has 0 aliphatic rings. The summed E-state index contributed by atoms with van der Waals surface area (Å²) in [5.41, 5.74) is 1.16. The van der Waals surface area contributed by atoms with Crippen molar-refractivity contribution >= 4 is 10.9 Å². The predicted octanol–water partition coefficient (Wildman–Crippen LogP) is 2.06. The summed E-state index contributed by atoms with van der Waals surface area (Å²) in [5.74, 6) is 0.668. The number of aryl methyl sites for hydroxylation is 1. The lowest BCUT2D eigenvalue weighted by molar-refractivity contribution is 0.398. The fourth-order valence-electron chi connectivity index (χ4n) is 1.45. The van der Waals surface area contributed by atoms with Crippen LogP contribution in [0.25, 0.3) is 10.9 Å². The van der Waals surface area contributed by atoms with Gasteiger partial charge in [0.15, 0.2) is 0 Å². The fourth-order valence-corrected chi connectivity index (χ4v) is 1.45. The average molecular weight is 176 g/mol. The molecule has 0 atom stereocenters. The molecule has 0 aromatic carbocycles. The molecule has 2 rings (SSSR count). The third-order valence-corrected chi connectivity index (χ3v) is 2.18. The molecule has 0 saturated heterocycles. The zero-order chi connectivity index (χ0) is 9.26. The van der Waals surface area contributed by atoms with Crippen LogP contribution < -0.4 is 4.74 Å². The van der Waals surface area contributed by atoms with Crippen LogP contribution in [0, 0.1) is 0 Å². The van der Waals surface area contributed by atoms with Gasteiger partial charge in [0.1, 0.15) is 0 Å². The van der Waals surface area contributed by atoms with Gasteiger partial charge in [-0.1, -0.05) is 0 Å². The smallest absolute Gasteiger partial charge is 0.213 e. The van der Waals surface area contributed by atoms with Crippen LogP contribution >= 0.6 is 0 Å². The second-order valence-corrected chi connectivity index (χ2v) is 2.89. The van der Waals surface area contributed by atoms with Crippen molar-refractivity contribution in [3.05, 3.63) is 24.5 Å². The van der Waals surface area contributed by atoms with Gasteiger partial charge in [-0.25, -0.2) is 4.98 Å². The van der Waals surface area contributed by atoms with Gasteiger partial charge in [0.2, 0.25) is 5.88 Å². The van der Waals surface area contributed by atoms with Gasteiger partial charge in [-0.3, -0.25) is 0 Å². The summed E-state index contributed by atoms with van der Waals surface area (Å²) in [7, 11) is 1.63. The zero-order valence-electron chi connectivity index (χ0n) is 7.82. The summed E-state index contributed by atoms with van der Waals surface area (Å²) in [5, 5.41) is 1.17. The monoisotopic (exact) mass is 176 g/mol. The van der Waals surface area contributed by atoms with Crippen LogP contribution in [0.1, 0.15) is 6.92 Å². The molecule has 0 aliphatic heterocycles. The minimum absolute atomic E-state index is 0.668. The molecule has 0 fully saturated rings. The van der Waals surface area contributed by atoms with Gasteiger partial charge < -0.3 is 9.30 Å². The number of aromatic nitrogens is 2. The van der Waals surface area contributed by atoms with Crippen LogP contribution in [0.5, 0.6) is 5.88 Å². The van der Waals surface area contributed by atoms with Crippen molar-refractivity contribution < 1.29 is 4.74 Å². The SMILES string of the molecule is CCn1ccc2cc(OC)ncc21. The highest BCUT2D eigenvalue weighted by Gasteiger charge is 2.01. The Labute approximate surface area is 77.0 Å². The van der Waals surface area contributed by atoms with Crippen molar-refractivity contribution in [3.63, 3.8) is 0 Å². The Hall–Kier alpha value is -1.51. The van der Waals surface area contributed by atoms with Crippen LogP contribution in [0.2, 0.25) is 0 Å². The first-order chi connectivity index (χ1) is 6.35. The van der Waals surface area contributed by atoms with E-state index in [1.807, 2.05) is 12.3 Å². The Kier molecular flexibility index (Phi) is 1.93. The molecule has 13 heavy (non-hydrogen) atoms. The maximum Gasteiger partial charge on any atom is 0.213 e. The first-order valence-electron chi connectivity index (χ1n) is 4.34. The van der Waals surface area contributed by atoms with E-state index in [2.05, 4.69) is 28.7 Å². The molecule has 68 valence electrons. The maximum atomic E-state index is 5.04. The van der Waals surface area contributed by atoms with E-state index in [0.29, 0.717) is 5.88 Å². The first-order valence-corrected chi connectivity index (χ1v) is 4.34. The summed E-state index contributed by atoms with van der Waals surface area (Å²) in [6, 6.07) is 4.02. The van der Waals surface area contributed by atoms with Crippen molar-refractivity contribution in [2.45, 2.75) is 13.5 Å². The van der Waals surface area contributed by atoms with E-state index in [1.165, 1.54) is 5.39 Å². The molecule has 0 spiro atoms. The fraction of sp³-hybridized carbons (Fsp3) is 0.300. The molecule has 3 heteroatoms. The van der Waals surface area contributed by atoms with Gasteiger partial charge in [-0.15, -0.1) is 0 Å². The van der Waals surface area contributed by atoms with Crippen LogP contribution in [-0.2, 0) is 6.54 Å². The highest BCUT2D eigenvalue weighted by Crippen LogP contribution is 2.18. The molecule has 2 aromatic heterocycles. The summed E-state index contributed by atoms with van der Waals surface area (Å²) in [6.07, 6.45) is 3.91. The first kappa shape index (κ1) is 8.10. The molecule has 2 heterocycles. The summed E-state index contributed by atoms with van der Waals surface area (Å²) < 4.78 is 7.20. The third kappa shape index (κ3) is 1.26. The van der Waals surface area contributed by atoms with Crippen LogP contribution in [0.15, 0.2) is 24.5 Å². The average Bonchev–Trinajstić information content (AvgIpc) is 2.59. The molecular formula is C10H12N2O. The predicted molar refractivity (Wildman–Crippen MR) is 52.0 cm³/mol. The van der Waals surface area contributed by atoms with E-state index in [1.54, 1.807) is 7.11 Å². The highest BCUT2D eigenvalue weighted by molar-refractivity contribution is 5.80. The third-order valence-electron chi connectivity index (χ3n) is 2.18. The van der Waals surface area contributed by atoms with Crippen molar-refractivity contribution in [2.75, 3.05) is 7.11 Å². The quantitative estimate of drug-likeness (QED) is 0.700. The van der Waals surface area contributed by atoms with Gasteiger partial charge >= 0.3 is 0 Å². The lowest BCUT2D eigenvalue weighted by Gasteiger charge is -2.01. The Balaban J connectivity index is 2.61. The number of hydrogen-bond acceptors (Lipinski definition) is 2. The summed E-state index contributed by atoms with van der Waals surface area (Å²) in [4.78, 5) is 4.16. The number of hydrogen-bond donors (Lipinski definition) is 0. The Morgan fingerprint density at radius 1 is 1.54 bits per heavy atom. The summed E-state index contributed by atoms with van der Waals surface area (Å²) >= 11 is 0. The maximum absolute atomic E-state index is 5.04. The Morgan fingerprint density at radius 3 is 3.08 bits per heavy atom. The molecule has 0 unspecified atom stereocenters. The molecule has 0 N–H and O–H groups in total. The van der Waals surface area contributed by atoms with E-state index in [0.717, 1.165) is 12.1 Å². The van der Waals surface area contributed by atoms with Crippen molar-refractivity contribution in [1.29, 1.82) is 0 Å². The zero-order valence-corrected chi connectivity index (χ0v) is 7.82. The minimum atomic E-state index is 0.668. The van der Waals surface area contributed by atoms with Crippen LogP contribution in [0.4, 0.5) is 0 Å². The topological polar surface area (TPSA) is 27.1 Å². The van der Waals surface area contributed by atoms with Gasteiger partial charge in [0, 0.05) is 24.2 Å². The van der Waals surface area contributed by atoms with Crippen molar-refractivity contribution in [1.82, 2.24) is 9.55 Å². The molecule has 2 aromatic rings. The van der Waals surface area contributed by atoms with Crippen LogP contribution in [0.3, 0.4) is 0 Å². The van der Waals surface area contributed by atoms with E-state index in [-0.39, 0.29) is 0 Å². The lowest BCUT2D eigenvalue weighted by atomic mass is 10.3. The number of pyridine rings is 1. The summed E-state index contributed by atoms with van der Waals surface area (Å²) in [6.45, 7) is 3.08. The molecular weight excluding hydrogens is 164 g/mol. The standard InChI is InChI=1S/C10H12N2O/c1-3-12-5-4-8-6-10(13-2)11-7-9(8)12/h4-7H,3H2,1-2H3. The van der Waals surface area contributed by atoms with E-state index < -0.39 is 0 Å². The highest BCUT2D eigenvalue weighted by atomic mass is 16.5. The molecule has 0 amide bonds. The molecule has 0 bridgehead atoms. The largest absolute Gasteiger partial charge is 0.481 e. The van der Waals surface area contributed by atoms with Crippen molar-refractivity contribution in [3.8, 4) is 5.88 Å². The van der Waals surface area contributed by atoms with E-state index >= 15 is 0 Å². The Morgan fingerprint density at radius 2 is 2.38 bits per heavy atom. The number of methoxy groups -OCH3 is 1. The van der Waals surface area contributed by atoms with Crippen LogP contribution in [-0.4, -0.2) is 16.7 Å². The number of fused-ring (bicyclic) bond motifs is 1. The number of nitrogens with zero attached hydrogens (tertiary/aromatic N) is 2. The minimum Gasteiger partial charge on any atom is -0.481 e. The van der Waals surface area contributed by atoms with E-state index in [4.69, 9.17) is 4.74 Å². The lowest BCUT2D eigenvalue weighted by Crippen LogP contribution is -1.92. The normalized spacial score (nSPS) is 10.6. The van der Waals surface area contributed by atoms with Gasteiger partial charge in [0.25, 0.3) is 0 Å². The molecule has 3 nitrogen and oxygen atoms in total. The van der Waals surface area contributed by atoms with E-state index in [9.17, 15) is 0 Å². The number of ether oxygens (including phenoxy) is 1. The van der Waals surface area contributed by atoms with Gasteiger partial charge in [-0.2, -0.15) is 0 Å². The molecule has 0 radical (unpaired) electrons. The van der Waals surface area contributed by atoms with Crippen molar-refractivity contribution in [2.24, 2.45) is 0 Å².